The van der Waals surface area contributed by atoms with E-state index < -0.39 is 0 Å². The van der Waals surface area contributed by atoms with Gasteiger partial charge in [0.15, 0.2) is 0 Å². The molecule has 3 aromatic rings. The van der Waals surface area contributed by atoms with Crippen molar-refractivity contribution in [2.24, 2.45) is 4.99 Å². The van der Waals surface area contributed by atoms with Gasteiger partial charge in [-0.2, -0.15) is 0 Å². The minimum Gasteiger partial charge on any atom is -0.497 e. The summed E-state index contributed by atoms with van der Waals surface area (Å²) in [5, 5.41) is 7.03. The number of H-pyrrole nitrogens is 1. The summed E-state index contributed by atoms with van der Waals surface area (Å²) in [6.45, 7) is 8.90. The minimum absolute atomic E-state index is 0.121. The minimum atomic E-state index is -0.121. The maximum atomic E-state index is 12.4. The largest absolute Gasteiger partial charge is 0.497 e. The first-order valence-electron chi connectivity index (χ1n) is 10.5. The van der Waals surface area contributed by atoms with Gasteiger partial charge in [0.05, 0.1) is 18.5 Å². The molecule has 2 heterocycles. The highest BCUT2D eigenvalue weighted by molar-refractivity contribution is 5.98. The molecule has 0 saturated heterocycles. The number of aliphatic imine (C=N–C) groups is 1. The number of hydrogen-bond donors (Lipinski definition) is 3. The Kier molecular flexibility index (Phi) is 7.93. The van der Waals surface area contributed by atoms with Crippen LogP contribution in [0, 0.1) is 0 Å². The molecule has 0 aliphatic carbocycles. The maximum Gasteiger partial charge on any atom is 0.267 e. The number of carbonyl (C=O) groups is 1. The molecule has 0 aliphatic rings. The van der Waals surface area contributed by atoms with Crippen LogP contribution in [0.25, 0.3) is 16.6 Å². The lowest BCUT2D eigenvalue weighted by molar-refractivity contribution is 0.0948. The predicted molar refractivity (Wildman–Crippen MR) is 133 cm³/mol. The molecular formula is C24H29N7O2. The van der Waals surface area contributed by atoms with Crippen molar-refractivity contribution in [1.29, 1.82) is 0 Å². The molecule has 0 atom stereocenters. The highest BCUT2D eigenvalue weighted by Crippen LogP contribution is 2.23. The van der Waals surface area contributed by atoms with E-state index in [0.29, 0.717) is 35.3 Å². The molecular weight excluding hydrogens is 418 g/mol. The highest BCUT2D eigenvalue weighted by atomic mass is 16.5. The average Bonchev–Trinajstić information content (AvgIpc) is 3.23. The number of aromatic nitrogens is 3. The van der Waals surface area contributed by atoms with Crippen molar-refractivity contribution < 1.29 is 9.53 Å². The third kappa shape index (κ3) is 6.50. The van der Waals surface area contributed by atoms with Gasteiger partial charge in [0.2, 0.25) is 5.95 Å². The van der Waals surface area contributed by atoms with Gasteiger partial charge in [-0.05, 0) is 64.1 Å². The Bertz CT molecular complexity index is 1180. The van der Waals surface area contributed by atoms with E-state index in [1.54, 1.807) is 18.3 Å². The van der Waals surface area contributed by atoms with Crippen LogP contribution in [-0.2, 0) is 4.74 Å². The molecule has 3 N–H and O–H groups in total. The van der Waals surface area contributed by atoms with Crippen LogP contribution in [0.5, 0.6) is 0 Å². The molecule has 0 saturated carbocycles. The zero-order valence-electron chi connectivity index (χ0n) is 19.2. The SMILES string of the molecule is C=N/C(=C\C(=C)OC)c1ccnc(Nc2ccc3[nH]c(C(=O)NCCCN(C)C)cc3c2)n1. The van der Waals surface area contributed by atoms with Gasteiger partial charge in [0, 0.05) is 35.4 Å². The van der Waals surface area contributed by atoms with Gasteiger partial charge in [0.1, 0.15) is 11.5 Å². The standard InChI is InChI=1S/C24H29N7O2/c1-16(33-5)13-21(25-2)20-9-11-27-24(30-20)28-18-7-8-19-17(14-18)15-22(29-19)23(32)26-10-6-12-31(3)4/h7-9,11,13-15,29H,1-2,6,10,12H2,3-5H3,(H,26,32)(H,27,28,30)/b21-13-. The summed E-state index contributed by atoms with van der Waals surface area (Å²) < 4.78 is 5.08. The Morgan fingerprint density at radius 3 is 2.85 bits per heavy atom. The number of amides is 1. The number of carbonyl (C=O) groups excluding carboxylic acids is 1. The van der Waals surface area contributed by atoms with E-state index in [-0.39, 0.29) is 5.91 Å². The van der Waals surface area contributed by atoms with Gasteiger partial charge in [0.25, 0.3) is 5.91 Å². The van der Waals surface area contributed by atoms with Crippen LogP contribution < -0.4 is 10.6 Å². The Balaban J connectivity index is 1.73. The number of anilines is 2. The monoisotopic (exact) mass is 447 g/mol. The highest BCUT2D eigenvalue weighted by Gasteiger charge is 2.10. The molecule has 9 nitrogen and oxygen atoms in total. The molecule has 3 rings (SSSR count). The lowest BCUT2D eigenvalue weighted by Gasteiger charge is -2.09. The van der Waals surface area contributed by atoms with E-state index in [0.717, 1.165) is 29.6 Å². The summed E-state index contributed by atoms with van der Waals surface area (Å²) in [6.07, 6.45) is 4.18. The smallest absolute Gasteiger partial charge is 0.267 e. The van der Waals surface area contributed by atoms with Crippen molar-refractivity contribution in [3.05, 3.63) is 66.3 Å². The second-order valence-electron chi connectivity index (χ2n) is 7.65. The van der Waals surface area contributed by atoms with E-state index >= 15 is 0 Å². The summed E-state index contributed by atoms with van der Waals surface area (Å²) in [6, 6.07) is 9.29. The number of hydrogen-bond acceptors (Lipinski definition) is 7. The number of nitrogens with zero attached hydrogens (tertiary/aromatic N) is 4. The van der Waals surface area contributed by atoms with Crippen LogP contribution in [0.3, 0.4) is 0 Å². The molecule has 2 aromatic heterocycles. The first kappa shape index (κ1) is 23.7. The zero-order chi connectivity index (χ0) is 23.8. The van der Waals surface area contributed by atoms with Crippen molar-refractivity contribution >= 4 is 40.9 Å². The van der Waals surface area contributed by atoms with Gasteiger partial charge in [-0.1, -0.05) is 6.58 Å². The molecule has 0 unspecified atom stereocenters. The summed E-state index contributed by atoms with van der Waals surface area (Å²) >= 11 is 0. The fraction of sp³-hybridized carbons (Fsp3) is 0.250. The van der Waals surface area contributed by atoms with Crippen molar-refractivity contribution in [2.45, 2.75) is 6.42 Å². The molecule has 0 spiro atoms. The van der Waals surface area contributed by atoms with E-state index in [4.69, 9.17) is 4.74 Å². The van der Waals surface area contributed by atoms with Crippen molar-refractivity contribution in [3.63, 3.8) is 0 Å². The maximum absolute atomic E-state index is 12.4. The molecule has 0 radical (unpaired) electrons. The quantitative estimate of drug-likeness (QED) is 0.179. The molecule has 9 heteroatoms. The van der Waals surface area contributed by atoms with E-state index in [1.807, 2.05) is 38.4 Å². The van der Waals surface area contributed by atoms with Gasteiger partial charge in [-0.15, -0.1) is 0 Å². The average molecular weight is 448 g/mol. The number of benzene rings is 1. The lowest BCUT2D eigenvalue weighted by atomic mass is 10.2. The van der Waals surface area contributed by atoms with Crippen LogP contribution in [0.2, 0.25) is 0 Å². The Morgan fingerprint density at radius 2 is 2.12 bits per heavy atom. The fourth-order valence-electron chi connectivity index (χ4n) is 3.13. The van der Waals surface area contributed by atoms with Gasteiger partial charge >= 0.3 is 0 Å². The molecule has 0 aliphatic heterocycles. The Hall–Kier alpha value is -3.98. The van der Waals surface area contributed by atoms with Gasteiger partial charge in [-0.3, -0.25) is 9.79 Å². The summed E-state index contributed by atoms with van der Waals surface area (Å²) in [4.78, 5) is 30.5. The Morgan fingerprint density at radius 1 is 1.30 bits per heavy atom. The molecule has 0 bridgehead atoms. The van der Waals surface area contributed by atoms with E-state index in [9.17, 15) is 4.79 Å². The molecule has 33 heavy (non-hydrogen) atoms. The van der Waals surface area contributed by atoms with E-state index in [1.165, 1.54) is 7.11 Å². The van der Waals surface area contributed by atoms with Gasteiger partial charge in [-0.25, -0.2) is 9.97 Å². The number of ether oxygens (including phenoxy) is 1. The summed E-state index contributed by atoms with van der Waals surface area (Å²) in [7, 11) is 5.55. The zero-order valence-corrected chi connectivity index (χ0v) is 19.2. The third-order valence-electron chi connectivity index (χ3n) is 4.84. The second-order valence-corrected chi connectivity index (χ2v) is 7.65. The molecule has 172 valence electrons. The first-order chi connectivity index (χ1) is 15.9. The molecule has 0 fully saturated rings. The van der Waals surface area contributed by atoms with Crippen molar-refractivity contribution in [1.82, 2.24) is 25.2 Å². The lowest BCUT2D eigenvalue weighted by Crippen LogP contribution is -2.27. The normalized spacial score (nSPS) is 11.5. The van der Waals surface area contributed by atoms with Crippen LogP contribution in [0.4, 0.5) is 11.6 Å². The third-order valence-corrected chi connectivity index (χ3v) is 4.84. The van der Waals surface area contributed by atoms with Crippen LogP contribution >= 0.6 is 0 Å². The fourth-order valence-corrected chi connectivity index (χ4v) is 3.13. The first-order valence-corrected chi connectivity index (χ1v) is 10.5. The predicted octanol–water partition coefficient (Wildman–Crippen LogP) is 3.58. The number of methoxy groups -OCH3 is 1. The molecule has 1 aromatic carbocycles. The van der Waals surface area contributed by atoms with Crippen LogP contribution in [-0.4, -0.2) is 66.8 Å². The van der Waals surface area contributed by atoms with Crippen LogP contribution in [0.15, 0.2) is 59.9 Å². The van der Waals surface area contributed by atoms with Crippen molar-refractivity contribution in [3.8, 4) is 0 Å². The summed E-state index contributed by atoms with van der Waals surface area (Å²) in [5.41, 5.74) is 3.28. The second kappa shape index (κ2) is 11.1. The van der Waals surface area contributed by atoms with E-state index in [2.05, 4.69) is 48.8 Å². The topological polar surface area (TPSA) is 108 Å². The number of fused-ring (bicyclic) bond motifs is 1. The van der Waals surface area contributed by atoms with Crippen LogP contribution in [0.1, 0.15) is 22.6 Å². The summed E-state index contributed by atoms with van der Waals surface area (Å²) in [5.74, 6) is 0.726. The molecule has 1 amide bonds. The Labute approximate surface area is 193 Å². The number of rotatable bonds is 11. The van der Waals surface area contributed by atoms with Gasteiger partial charge < -0.3 is 25.3 Å². The van der Waals surface area contributed by atoms with Crippen molar-refractivity contribution in [2.75, 3.05) is 39.6 Å². The number of nitrogens with one attached hydrogen (secondary N) is 3. The number of aromatic amines is 1. The number of allylic oxidation sites excluding steroid dienone is 1.